The molecule has 0 amide bonds. The molecule has 102 valence electrons. The van der Waals surface area contributed by atoms with E-state index in [-0.39, 0.29) is 11.7 Å². The van der Waals surface area contributed by atoms with Gasteiger partial charge in [0.1, 0.15) is 0 Å². The Morgan fingerprint density at radius 3 is 2.50 bits per heavy atom. The summed E-state index contributed by atoms with van der Waals surface area (Å²) in [5.74, 6) is 1.72. The molecule has 2 aromatic rings. The van der Waals surface area contributed by atoms with E-state index in [9.17, 15) is 4.79 Å². The molecule has 0 heterocycles. The zero-order valence-corrected chi connectivity index (χ0v) is 11.6. The van der Waals surface area contributed by atoms with Crippen LogP contribution in [-0.4, -0.2) is 20.0 Å². The van der Waals surface area contributed by atoms with E-state index in [0.717, 1.165) is 16.7 Å². The number of carbonyl (C=O) groups excluding carboxylic acids is 1. The maximum atomic E-state index is 12.1. The highest BCUT2D eigenvalue weighted by Gasteiger charge is 2.30. The summed E-state index contributed by atoms with van der Waals surface area (Å²) in [5.41, 5.74) is 3.03. The van der Waals surface area contributed by atoms with Crippen molar-refractivity contribution in [2.45, 2.75) is 12.3 Å². The van der Waals surface area contributed by atoms with E-state index in [4.69, 9.17) is 9.47 Å². The number of methoxy groups -OCH3 is 2. The van der Waals surface area contributed by atoms with Crippen LogP contribution in [0.5, 0.6) is 11.5 Å². The Kier molecular flexibility index (Phi) is 3.18. The van der Waals surface area contributed by atoms with Gasteiger partial charge in [0, 0.05) is 17.9 Å². The largest absolute Gasteiger partial charge is 0.493 e. The fraction of sp³-hybridized carbons (Fsp3) is 0.235. The Bertz CT molecular complexity index is 661. The molecule has 20 heavy (non-hydrogen) atoms. The number of ether oxygens (including phenoxy) is 2. The van der Waals surface area contributed by atoms with Crippen molar-refractivity contribution in [2.75, 3.05) is 14.2 Å². The van der Waals surface area contributed by atoms with Crippen LogP contribution in [0.4, 0.5) is 0 Å². The van der Waals surface area contributed by atoms with Crippen molar-refractivity contribution in [3.8, 4) is 11.5 Å². The van der Waals surface area contributed by atoms with E-state index in [1.165, 1.54) is 0 Å². The normalized spacial score (nSPS) is 16.9. The lowest BCUT2D eigenvalue weighted by Gasteiger charge is -2.14. The molecule has 0 aromatic heterocycles. The highest BCUT2D eigenvalue weighted by atomic mass is 16.5. The third kappa shape index (κ3) is 1.95. The molecule has 0 fully saturated rings. The van der Waals surface area contributed by atoms with E-state index in [2.05, 4.69) is 0 Å². The molecule has 0 saturated carbocycles. The van der Waals surface area contributed by atoms with E-state index in [1.807, 2.05) is 42.5 Å². The second-order valence-electron chi connectivity index (χ2n) is 4.88. The first-order chi connectivity index (χ1) is 9.74. The van der Waals surface area contributed by atoms with Crippen LogP contribution in [0, 0.1) is 0 Å². The molecule has 0 spiro atoms. The minimum absolute atomic E-state index is 0.110. The third-order valence-corrected chi connectivity index (χ3v) is 3.84. The summed E-state index contributed by atoms with van der Waals surface area (Å²) in [6, 6.07) is 13.7. The van der Waals surface area contributed by atoms with Crippen LogP contribution >= 0.6 is 0 Å². The third-order valence-electron chi connectivity index (χ3n) is 3.84. The molecule has 3 nitrogen and oxygen atoms in total. The summed E-state index contributed by atoms with van der Waals surface area (Å²) in [6.45, 7) is 0. The Morgan fingerprint density at radius 1 is 1.00 bits per heavy atom. The van der Waals surface area contributed by atoms with Gasteiger partial charge < -0.3 is 9.47 Å². The number of Topliss-reactive ketones (excluding diaryl/α,β-unsaturated/α-hetero) is 1. The SMILES string of the molecule is COc1ccc(C2CC(=O)c3ccccc32)cc1OC. The summed E-state index contributed by atoms with van der Waals surface area (Å²) >= 11 is 0. The molecule has 2 aromatic carbocycles. The highest BCUT2D eigenvalue weighted by Crippen LogP contribution is 2.40. The summed E-state index contributed by atoms with van der Waals surface area (Å²) in [4.78, 5) is 12.1. The Labute approximate surface area is 118 Å². The van der Waals surface area contributed by atoms with Gasteiger partial charge in [-0.25, -0.2) is 0 Å². The van der Waals surface area contributed by atoms with E-state index < -0.39 is 0 Å². The summed E-state index contributed by atoms with van der Waals surface area (Å²) < 4.78 is 10.6. The van der Waals surface area contributed by atoms with Crippen molar-refractivity contribution in [2.24, 2.45) is 0 Å². The maximum Gasteiger partial charge on any atom is 0.164 e. The van der Waals surface area contributed by atoms with Gasteiger partial charge in [-0.05, 0) is 23.3 Å². The van der Waals surface area contributed by atoms with Gasteiger partial charge in [-0.2, -0.15) is 0 Å². The molecule has 0 bridgehead atoms. The second-order valence-corrected chi connectivity index (χ2v) is 4.88. The predicted molar refractivity (Wildman–Crippen MR) is 76.8 cm³/mol. The van der Waals surface area contributed by atoms with E-state index in [0.29, 0.717) is 17.9 Å². The number of fused-ring (bicyclic) bond motifs is 1. The van der Waals surface area contributed by atoms with Gasteiger partial charge in [0.05, 0.1) is 14.2 Å². The quantitative estimate of drug-likeness (QED) is 0.855. The van der Waals surface area contributed by atoms with Gasteiger partial charge in [0.15, 0.2) is 17.3 Å². The fourth-order valence-corrected chi connectivity index (χ4v) is 2.83. The number of hydrogen-bond acceptors (Lipinski definition) is 3. The Hall–Kier alpha value is -2.29. The lowest BCUT2D eigenvalue weighted by atomic mass is 9.93. The Morgan fingerprint density at radius 2 is 1.75 bits per heavy atom. The molecule has 0 radical (unpaired) electrons. The summed E-state index contributed by atoms with van der Waals surface area (Å²) in [7, 11) is 3.24. The minimum Gasteiger partial charge on any atom is -0.493 e. The molecule has 0 N–H and O–H groups in total. The van der Waals surface area contributed by atoms with Crippen molar-refractivity contribution in [3.63, 3.8) is 0 Å². The molecule has 0 aliphatic heterocycles. The van der Waals surface area contributed by atoms with Crippen molar-refractivity contribution in [3.05, 3.63) is 59.2 Å². The lowest BCUT2D eigenvalue weighted by molar-refractivity contribution is 0.0991. The lowest BCUT2D eigenvalue weighted by Crippen LogP contribution is -1.99. The number of rotatable bonds is 3. The number of benzene rings is 2. The predicted octanol–water partition coefficient (Wildman–Crippen LogP) is 3.42. The van der Waals surface area contributed by atoms with Crippen LogP contribution in [0.15, 0.2) is 42.5 Å². The number of ketones is 1. The van der Waals surface area contributed by atoms with Crippen LogP contribution in [0.2, 0.25) is 0 Å². The fourth-order valence-electron chi connectivity index (χ4n) is 2.83. The first kappa shape index (κ1) is 12.7. The van der Waals surface area contributed by atoms with Crippen LogP contribution in [0.25, 0.3) is 0 Å². The van der Waals surface area contributed by atoms with E-state index >= 15 is 0 Å². The zero-order valence-electron chi connectivity index (χ0n) is 11.6. The maximum absolute atomic E-state index is 12.1. The van der Waals surface area contributed by atoms with Gasteiger partial charge in [0.25, 0.3) is 0 Å². The molecule has 0 saturated heterocycles. The molecular formula is C17H16O3. The molecule has 1 aliphatic rings. The summed E-state index contributed by atoms with van der Waals surface area (Å²) in [6.07, 6.45) is 0.523. The minimum atomic E-state index is 0.110. The highest BCUT2D eigenvalue weighted by molar-refractivity contribution is 6.01. The summed E-state index contributed by atoms with van der Waals surface area (Å²) in [5, 5.41) is 0. The van der Waals surface area contributed by atoms with Crippen molar-refractivity contribution < 1.29 is 14.3 Å². The zero-order chi connectivity index (χ0) is 14.1. The number of carbonyl (C=O) groups is 1. The second kappa shape index (κ2) is 5.00. The average molecular weight is 268 g/mol. The van der Waals surface area contributed by atoms with Gasteiger partial charge in [-0.1, -0.05) is 30.3 Å². The molecule has 1 atom stereocenters. The van der Waals surface area contributed by atoms with Crippen LogP contribution in [0.3, 0.4) is 0 Å². The van der Waals surface area contributed by atoms with Crippen LogP contribution in [0.1, 0.15) is 33.8 Å². The van der Waals surface area contributed by atoms with Gasteiger partial charge in [0.2, 0.25) is 0 Å². The van der Waals surface area contributed by atoms with Crippen molar-refractivity contribution in [1.29, 1.82) is 0 Å². The van der Waals surface area contributed by atoms with Gasteiger partial charge in [-0.3, -0.25) is 4.79 Å². The van der Waals surface area contributed by atoms with Crippen molar-refractivity contribution >= 4 is 5.78 Å². The molecular weight excluding hydrogens is 252 g/mol. The number of hydrogen-bond donors (Lipinski definition) is 0. The molecule has 1 aliphatic carbocycles. The topological polar surface area (TPSA) is 35.5 Å². The van der Waals surface area contributed by atoms with Crippen LogP contribution < -0.4 is 9.47 Å². The standard InChI is InChI=1S/C17H16O3/c1-19-16-8-7-11(9-17(16)20-2)14-10-15(18)13-6-4-3-5-12(13)14/h3-9,14H,10H2,1-2H3. The average Bonchev–Trinajstić information content (AvgIpc) is 2.84. The monoisotopic (exact) mass is 268 g/mol. The molecule has 3 heteroatoms. The van der Waals surface area contributed by atoms with Crippen molar-refractivity contribution in [1.82, 2.24) is 0 Å². The first-order valence-electron chi connectivity index (χ1n) is 6.58. The molecule has 3 rings (SSSR count). The van der Waals surface area contributed by atoms with Crippen LogP contribution in [-0.2, 0) is 0 Å². The van der Waals surface area contributed by atoms with Gasteiger partial charge >= 0.3 is 0 Å². The smallest absolute Gasteiger partial charge is 0.164 e. The van der Waals surface area contributed by atoms with Gasteiger partial charge in [-0.15, -0.1) is 0 Å². The first-order valence-corrected chi connectivity index (χ1v) is 6.58. The molecule has 1 unspecified atom stereocenters. The van der Waals surface area contributed by atoms with E-state index in [1.54, 1.807) is 14.2 Å². The Balaban J connectivity index is 2.05.